The summed E-state index contributed by atoms with van der Waals surface area (Å²) in [5.41, 5.74) is -0.868. The molecule has 106 valence electrons. The Morgan fingerprint density at radius 3 is 2.00 bits per heavy atom. The molecule has 2 nitrogen and oxygen atoms in total. The van der Waals surface area contributed by atoms with E-state index >= 15 is 0 Å². The van der Waals surface area contributed by atoms with Gasteiger partial charge in [-0.2, -0.15) is 13.2 Å². The number of alkyl halides is 3. The Morgan fingerprint density at radius 1 is 1.16 bits per heavy atom. The molecule has 6 heteroatoms. The fraction of sp³-hybridized carbons (Fsp3) is 0.462. The molecule has 19 heavy (non-hydrogen) atoms. The summed E-state index contributed by atoms with van der Waals surface area (Å²) < 4.78 is 39.8. The Bertz CT molecular complexity index is 448. The predicted octanol–water partition coefficient (Wildman–Crippen LogP) is 4.21. The number of nitrogens with one attached hydrogen (secondary N) is 1. The Labute approximate surface area is 118 Å². The van der Waals surface area contributed by atoms with Gasteiger partial charge < -0.3 is 5.32 Å². The lowest BCUT2D eigenvalue weighted by Gasteiger charge is -2.26. The highest BCUT2D eigenvalue weighted by atomic mass is 79.9. The van der Waals surface area contributed by atoms with E-state index < -0.39 is 23.5 Å². The van der Waals surface area contributed by atoms with E-state index in [9.17, 15) is 18.0 Å². The molecule has 1 aromatic rings. The van der Waals surface area contributed by atoms with Gasteiger partial charge in [-0.3, -0.25) is 4.79 Å². The minimum atomic E-state index is -4.53. The van der Waals surface area contributed by atoms with E-state index in [-0.39, 0.29) is 5.56 Å². The van der Waals surface area contributed by atoms with Crippen LogP contribution in [0, 0.1) is 5.41 Å². The van der Waals surface area contributed by atoms with Crippen molar-refractivity contribution in [2.75, 3.05) is 0 Å². The first-order valence-electron chi connectivity index (χ1n) is 5.65. The maximum absolute atomic E-state index is 13.0. The highest BCUT2D eigenvalue weighted by Crippen LogP contribution is 2.34. The number of rotatable bonds is 2. The second kappa shape index (κ2) is 5.53. The normalized spacial score (nSPS) is 14.1. The van der Waals surface area contributed by atoms with E-state index in [0.717, 1.165) is 0 Å². The molecule has 0 radical (unpaired) electrons. The summed E-state index contributed by atoms with van der Waals surface area (Å²) in [7, 11) is 0. The second-order valence-corrected chi connectivity index (χ2v) is 6.17. The molecule has 0 aliphatic rings. The van der Waals surface area contributed by atoms with Crippen LogP contribution in [0.5, 0.6) is 0 Å². The summed E-state index contributed by atoms with van der Waals surface area (Å²) in [4.78, 5) is 11.7. The van der Waals surface area contributed by atoms with Gasteiger partial charge in [0.2, 0.25) is 5.91 Å². The fourth-order valence-corrected chi connectivity index (χ4v) is 1.62. The summed E-state index contributed by atoms with van der Waals surface area (Å²) in [6.07, 6.45) is -4.53. The molecule has 0 fully saturated rings. The van der Waals surface area contributed by atoms with Crippen LogP contribution in [0.4, 0.5) is 13.2 Å². The Morgan fingerprint density at radius 2 is 1.63 bits per heavy atom. The van der Waals surface area contributed by atoms with Gasteiger partial charge in [-0.25, -0.2) is 0 Å². The number of amides is 1. The Balaban J connectivity index is 3.04. The standard InChI is InChI=1S/C13H15BrF3NO/c1-12(2,3)11(19)18-10(13(15,16)17)8-4-6-9(14)7-5-8/h4-7,10H,1-3H3,(H,18,19)/t10-/m0/s1. The van der Waals surface area contributed by atoms with Crippen LogP contribution in [0.1, 0.15) is 32.4 Å². The van der Waals surface area contributed by atoms with Gasteiger partial charge in [0.15, 0.2) is 6.04 Å². The molecule has 0 aliphatic heterocycles. The second-order valence-electron chi connectivity index (χ2n) is 5.25. The molecule has 1 amide bonds. The molecule has 0 bridgehead atoms. The number of carbonyl (C=O) groups is 1. The summed E-state index contributed by atoms with van der Waals surface area (Å²) in [6, 6.07) is 3.71. The first kappa shape index (κ1) is 16.0. The van der Waals surface area contributed by atoms with Gasteiger partial charge in [-0.05, 0) is 17.7 Å². The van der Waals surface area contributed by atoms with Crippen molar-refractivity contribution in [1.29, 1.82) is 0 Å². The monoisotopic (exact) mass is 337 g/mol. The lowest BCUT2D eigenvalue weighted by Crippen LogP contribution is -2.43. The molecule has 1 N–H and O–H groups in total. The van der Waals surface area contributed by atoms with Crippen LogP contribution in [0.15, 0.2) is 28.7 Å². The largest absolute Gasteiger partial charge is 0.412 e. The predicted molar refractivity (Wildman–Crippen MR) is 70.5 cm³/mol. The van der Waals surface area contributed by atoms with Crippen LogP contribution >= 0.6 is 15.9 Å². The third-order valence-electron chi connectivity index (χ3n) is 2.49. The lowest BCUT2D eigenvalue weighted by atomic mass is 9.94. The molecular weight excluding hydrogens is 323 g/mol. The van der Waals surface area contributed by atoms with Crippen molar-refractivity contribution >= 4 is 21.8 Å². The lowest BCUT2D eigenvalue weighted by molar-refractivity contribution is -0.165. The van der Waals surface area contributed by atoms with Crippen LogP contribution in [-0.2, 0) is 4.79 Å². The van der Waals surface area contributed by atoms with Crippen LogP contribution in [0.25, 0.3) is 0 Å². The van der Waals surface area contributed by atoms with E-state index in [1.165, 1.54) is 24.3 Å². The molecule has 0 unspecified atom stereocenters. The van der Waals surface area contributed by atoms with Gasteiger partial charge in [0.25, 0.3) is 0 Å². The van der Waals surface area contributed by atoms with E-state index in [1.807, 2.05) is 0 Å². The Hall–Kier alpha value is -1.04. The molecule has 0 aromatic heterocycles. The first-order chi connectivity index (χ1) is 8.51. The number of carbonyl (C=O) groups excluding carboxylic acids is 1. The molecular formula is C13H15BrF3NO. The Kier molecular flexibility index (Phi) is 4.66. The SMILES string of the molecule is CC(C)(C)C(=O)N[C@@H](c1ccc(Br)cc1)C(F)(F)F. The van der Waals surface area contributed by atoms with E-state index in [0.29, 0.717) is 4.47 Å². The molecule has 1 rings (SSSR count). The topological polar surface area (TPSA) is 29.1 Å². The van der Waals surface area contributed by atoms with Gasteiger partial charge >= 0.3 is 6.18 Å². The van der Waals surface area contributed by atoms with Crippen molar-refractivity contribution in [3.05, 3.63) is 34.3 Å². The number of benzene rings is 1. The minimum Gasteiger partial charge on any atom is -0.340 e. The van der Waals surface area contributed by atoms with Crippen LogP contribution in [0.3, 0.4) is 0 Å². The van der Waals surface area contributed by atoms with E-state index in [2.05, 4.69) is 21.2 Å². The smallest absolute Gasteiger partial charge is 0.340 e. The maximum Gasteiger partial charge on any atom is 0.412 e. The highest BCUT2D eigenvalue weighted by Gasteiger charge is 2.43. The molecule has 0 aliphatic carbocycles. The minimum absolute atomic E-state index is 0.00769. The average molecular weight is 338 g/mol. The zero-order valence-corrected chi connectivity index (χ0v) is 12.4. The highest BCUT2D eigenvalue weighted by molar-refractivity contribution is 9.10. The third kappa shape index (κ3) is 4.53. The fourth-order valence-electron chi connectivity index (χ4n) is 1.36. The molecule has 1 atom stereocenters. The number of hydrogen-bond acceptors (Lipinski definition) is 1. The number of halogens is 4. The molecule has 0 spiro atoms. The van der Waals surface area contributed by atoms with Gasteiger partial charge in [0.1, 0.15) is 0 Å². The van der Waals surface area contributed by atoms with Crippen molar-refractivity contribution in [1.82, 2.24) is 5.32 Å². The summed E-state index contributed by atoms with van der Waals surface area (Å²) in [5.74, 6) is -0.641. The summed E-state index contributed by atoms with van der Waals surface area (Å²) >= 11 is 3.16. The van der Waals surface area contributed by atoms with Gasteiger partial charge in [0, 0.05) is 9.89 Å². The van der Waals surface area contributed by atoms with Crippen LogP contribution in [-0.4, -0.2) is 12.1 Å². The van der Waals surface area contributed by atoms with E-state index in [1.54, 1.807) is 20.8 Å². The molecule has 1 aromatic carbocycles. The van der Waals surface area contributed by atoms with Crippen molar-refractivity contribution in [3.63, 3.8) is 0 Å². The van der Waals surface area contributed by atoms with E-state index in [4.69, 9.17) is 0 Å². The first-order valence-corrected chi connectivity index (χ1v) is 6.44. The van der Waals surface area contributed by atoms with Crippen molar-refractivity contribution in [3.8, 4) is 0 Å². The average Bonchev–Trinajstić information content (AvgIpc) is 2.24. The van der Waals surface area contributed by atoms with Gasteiger partial charge in [0.05, 0.1) is 0 Å². The molecule has 0 saturated heterocycles. The number of hydrogen-bond donors (Lipinski definition) is 1. The van der Waals surface area contributed by atoms with Crippen LogP contribution < -0.4 is 5.32 Å². The maximum atomic E-state index is 13.0. The quantitative estimate of drug-likeness (QED) is 0.860. The van der Waals surface area contributed by atoms with Crippen LogP contribution in [0.2, 0.25) is 0 Å². The summed E-state index contributed by atoms with van der Waals surface area (Å²) in [5, 5.41) is 2.05. The summed E-state index contributed by atoms with van der Waals surface area (Å²) in [6.45, 7) is 4.70. The zero-order chi connectivity index (χ0) is 14.8. The van der Waals surface area contributed by atoms with Gasteiger partial charge in [-0.1, -0.05) is 48.8 Å². The third-order valence-corrected chi connectivity index (χ3v) is 3.02. The van der Waals surface area contributed by atoms with Crippen molar-refractivity contribution < 1.29 is 18.0 Å². The van der Waals surface area contributed by atoms with Gasteiger partial charge in [-0.15, -0.1) is 0 Å². The van der Waals surface area contributed by atoms with Crippen molar-refractivity contribution in [2.45, 2.75) is 33.0 Å². The van der Waals surface area contributed by atoms with Crippen molar-refractivity contribution in [2.24, 2.45) is 5.41 Å². The zero-order valence-electron chi connectivity index (χ0n) is 10.8. The molecule has 0 heterocycles. The molecule has 0 saturated carbocycles.